The van der Waals surface area contributed by atoms with Crippen molar-refractivity contribution in [3.05, 3.63) is 117 Å². The third-order valence-electron chi connectivity index (χ3n) is 5.84. The summed E-state index contributed by atoms with van der Waals surface area (Å²) in [6.45, 7) is 0. The highest BCUT2D eigenvalue weighted by molar-refractivity contribution is 14.1. The summed E-state index contributed by atoms with van der Waals surface area (Å²) < 4.78 is 1.29. The number of benzene rings is 4. The van der Waals surface area contributed by atoms with Crippen LogP contribution in [0.1, 0.15) is 22.3 Å². The second-order valence-electron chi connectivity index (χ2n) is 7.36. The molecule has 0 radical (unpaired) electrons. The van der Waals surface area contributed by atoms with E-state index in [9.17, 15) is 0 Å². The van der Waals surface area contributed by atoms with Gasteiger partial charge in [-0.1, -0.05) is 78.3 Å². The normalized spacial score (nSPS) is 13.8. The molecule has 134 valence electrons. The minimum atomic E-state index is -0.334. The maximum absolute atomic E-state index is 4.67. The maximum Gasteiger partial charge on any atom is 0.140 e. The molecule has 0 amide bonds. The molecule has 3 heteroatoms. The molecule has 0 saturated heterocycles. The van der Waals surface area contributed by atoms with Crippen molar-refractivity contribution in [2.75, 3.05) is 0 Å². The van der Waals surface area contributed by atoms with E-state index in [1.807, 2.05) is 6.07 Å². The van der Waals surface area contributed by atoms with Crippen LogP contribution in [-0.2, 0) is 5.41 Å². The summed E-state index contributed by atoms with van der Waals surface area (Å²) >= 11 is 7.13. The zero-order chi connectivity index (χ0) is 19.3. The van der Waals surface area contributed by atoms with Gasteiger partial charge in [-0.25, -0.2) is 0 Å². The largest absolute Gasteiger partial charge is 0.143 e. The average molecular weight is 488 g/mol. The van der Waals surface area contributed by atoms with Crippen LogP contribution >= 0.6 is 35.2 Å². The van der Waals surface area contributed by atoms with Crippen molar-refractivity contribution in [3.8, 4) is 11.1 Å². The number of rotatable bonds is 2. The second-order valence-corrected chi connectivity index (χ2v) is 9.03. The van der Waals surface area contributed by atoms with Crippen molar-refractivity contribution >= 4 is 48.5 Å². The molecule has 0 aliphatic heterocycles. The average Bonchev–Trinajstić information content (AvgIpc) is 3.02. The van der Waals surface area contributed by atoms with Crippen LogP contribution in [0, 0.1) is 3.57 Å². The first-order chi connectivity index (χ1) is 13.6. The molecule has 0 fully saturated rings. The standard InChI is InChI=1S/C25H18BIS/c26-23-13-12-17(15-24(23)27)25(16-6-5-7-18(28)14-16)21-10-3-1-8-19(21)20-9-2-4-11-22(20)25/h1-15,28H,26H2. The van der Waals surface area contributed by atoms with Gasteiger partial charge in [0.2, 0.25) is 0 Å². The highest BCUT2D eigenvalue weighted by Gasteiger charge is 2.45. The summed E-state index contributed by atoms with van der Waals surface area (Å²) in [4.78, 5) is 0.987. The predicted octanol–water partition coefficient (Wildman–Crippen LogP) is 5.20. The quantitative estimate of drug-likeness (QED) is 0.197. The summed E-state index contributed by atoms with van der Waals surface area (Å²) in [5, 5.41) is 0. The first kappa shape index (κ1) is 18.1. The zero-order valence-corrected chi connectivity index (χ0v) is 18.5. The lowest BCUT2D eigenvalue weighted by atomic mass is 9.67. The van der Waals surface area contributed by atoms with E-state index < -0.39 is 0 Å². The van der Waals surface area contributed by atoms with Crippen molar-refractivity contribution in [1.29, 1.82) is 0 Å². The Hall–Kier alpha value is -1.98. The van der Waals surface area contributed by atoms with Gasteiger partial charge < -0.3 is 0 Å². The van der Waals surface area contributed by atoms with E-state index in [0.717, 1.165) is 4.90 Å². The van der Waals surface area contributed by atoms with Crippen LogP contribution in [0.4, 0.5) is 0 Å². The van der Waals surface area contributed by atoms with Gasteiger partial charge in [-0.2, -0.15) is 0 Å². The second kappa shape index (κ2) is 6.82. The SMILES string of the molecule is Bc1ccc(C2(c3cccc(S)c3)c3ccccc3-c3ccccc32)cc1I. The number of hydrogen-bond acceptors (Lipinski definition) is 1. The fourth-order valence-corrected chi connectivity index (χ4v) is 5.33. The molecular weight excluding hydrogens is 470 g/mol. The van der Waals surface area contributed by atoms with Crippen molar-refractivity contribution < 1.29 is 0 Å². The number of thiol groups is 1. The van der Waals surface area contributed by atoms with Crippen molar-refractivity contribution in [2.24, 2.45) is 0 Å². The Morgan fingerprint density at radius 1 is 0.679 bits per heavy atom. The van der Waals surface area contributed by atoms with Crippen LogP contribution in [0.3, 0.4) is 0 Å². The van der Waals surface area contributed by atoms with Crippen LogP contribution in [0.2, 0.25) is 0 Å². The van der Waals surface area contributed by atoms with Gasteiger partial charge in [-0.05, 0) is 74.2 Å². The van der Waals surface area contributed by atoms with Crippen molar-refractivity contribution in [3.63, 3.8) is 0 Å². The van der Waals surface area contributed by atoms with E-state index in [1.165, 1.54) is 42.4 Å². The van der Waals surface area contributed by atoms with Crippen LogP contribution in [0.25, 0.3) is 11.1 Å². The Labute approximate surface area is 186 Å². The smallest absolute Gasteiger partial charge is 0.140 e. The summed E-state index contributed by atoms with van der Waals surface area (Å²) in [7, 11) is 2.17. The van der Waals surface area contributed by atoms with E-state index in [0.29, 0.717) is 0 Å². The lowest BCUT2D eigenvalue weighted by Crippen LogP contribution is -2.29. The fourth-order valence-electron chi connectivity index (χ4n) is 4.59. The molecule has 5 rings (SSSR count). The topological polar surface area (TPSA) is 0 Å². The minimum Gasteiger partial charge on any atom is -0.143 e. The third kappa shape index (κ3) is 2.52. The number of halogens is 1. The predicted molar refractivity (Wildman–Crippen MR) is 132 cm³/mol. The highest BCUT2D eigenvalue weighted by Crippen LogP contribution is 2.56. The molecule has 0 aromatic heterocycles. The Morgan fingerprint density at radius 3 is 1.89 bits per heavy atom. The van der Waals surface area contributed by atoms with Gasteiger partial charge in [0.25, 0.3) is 0 Å². The lowest BCUT2D eigenvalue weighted by molar-refractivity contribution is 0.765. The molecule has 0 heterocycles. The fraction of sp³-hybridized carbons (Fsp3) is 0.0400. The first-order valence-corrected chi connectivity index (χ1v) is 10.9. The molecular formula is C25H18BIS. The first-order valence-electron chi connectivity index (χ1n) is 9.38. The monoisotopic (exact) mass is 488 g/mol. The molecule has 0 atom stereocenters. The summed E-state index contributed by atoms with van der Waals surface area (Å²) in [5.74, 6) is 0. The molecule has 0 unspecified atom stereocenters. The number of fused-ring (bicyclic) bond motifs is 3. The van der Waals surface area contributed by atoms with Gasteiger partial charge in [0.05, 0.1) is 5.41 Å². The van der Waals surface area contributed by atoms with E-state index >= 15 is 0 Å². The van der Waals surface area contributed by atoms with Gasteiger partial charge in [0.1, 0.15) is 7.85 Å². The summed E-state index contributed by atoms with van der Waals surface area (Å²) in [6, 6.07) is 33.2. The molecule has 0 nitrogen and oxygen atoms in total. The highest BCUT2D eigenvalue weighted by atomic mass is 127. The van der Waals surface area contributed by atoms with Crippen LogP contribution < -0.4 is 5.46 Å². The number of hydrogen-bond donors (Lipinski definition) is 1. The molecule has 0 N–H and O–H groups in total. The molecule has 0 bridgehead atoms. The molecule has 0 spiro atoms. The lowest BCUT2D eigenvalue weighted by Gasteiger charge is -2.34. The Kier molecular flexibility index (Phi) is 4.40. The van der Waals surface area contributed by atoms with Gasteiger partial charge in [-0.15, -0.1) is 12.6 Å². The molecule has 0 saturated carbocycles. The van der Waals surface area contributed by atoms with Gasteiger partial charge in [0.15, 0.2) is 0 Å². The Bertz CT molecular complexity index is 1170. The van der Waals surface area contributed by atoms with Crippen LogP contribution in [0.5, 0.6) is 0 Å². The summed E-state index contributed by atoms with van der Waals surface area (Å²) in [6.07, 6.45) is 0. The van der Waals surface area contributed by atoms with E-state index in [2.05, 4.69) is 128 Å². The third-order valence-corrected chi connectivity index (χ3v) is 7.28. The molecule has 1 aliphatic rings. The maximum atomic E-state index is 4.67. The Morgan fingerprint density at radius 2 is 1.29 bits per heavy atom. The summed E-state index contributed by atoms with van der Waals surface area (Å²) in [5.41, 5.74) is 8.86. The minimum absolute atomic E-state index is 0.334. The van der Waals surface area contributed by atoms with E-state index in [1.54, 1.807) is 0 Å². The molecule has 4 aromatic rings. The van der Waals surface area contributed by atoms with Crippen molar-refractivity contribution in [2.45, 2.75) is 10.3 Å². The van der Waals surface area contributed by atoms with Crippen LogP contribution in [-0.4, -0.2) is 7.85 Å². The Balaban J connectivity index is 1.97. The van der Waals surface area contributed by atoms with Crippen molar-refractivity contribution in [1.82, 2.24) is 0 Å². The molecule has 28 heavy (non-hydrogen) atoms. The van der Waals surface area contributed by atoms with E-state index in [4.69, 9.17) is 0 Å². The van der Waals surface area contributed by atoms with Gasteiger partial charge in [-0.3, -0.25) is 0 Å². The molecule has 1 aliphatic carbocycles. The van der Waals surface area contributed by atoms with Crippen LogP contribution in [0.15, 0.2) is 95.9 Å². The van der Waals surface area contributed by atoms with Gasteiger partial charge >= 0.3 is 0 Å². The van der Waals surface area contributed by atoms with Gasteiger partial charge in [0, 0.05) is 8.47 Å². The zero-order valence-electron chi connectivity index (χ0n) is 15.5. The molecule has 4 aromatic carbocycles. The van der Waals surface area contributed by atoms with E-state index in [-0.39, 0.29) is 5.41 Å².